The van der Waals surface area contributed by atoms with Gasteiger partial charge in [0.05, 0.1) is 53.7 Å². The van der Waals surface area contributed by atoms with E-state index in [1.165, 1.54) is 0 Å². The summed E-state index contributed by atoms with van der Waals surface area (Å²) >= 11 is 0. The van der Waals surface area contributed by atoms with Gasteiger partial charge in [-0.25, -0.2) is 0 Å². The Labute approximate surface area is 270 Å². The lowest BCUT2D eigenvalue weighted by atomic mass is 9.72. The quantitative estimate of drug-likeness (QED) is 0.295. The molecule has 0 spiro atoms. The molecule has 3 aromatic carbocycles. The summed E-state index contributed by atoms with van der Waals surface area (Å²) in [5.41, 5.74) is 5.40. The SMILES string of the molecule is COc1ccc(CCC(=O)OC[C@H]2c3cc(OC)c(OC)cc3C[C@H]3[C@H]4c5cc(OC)c(OC)cc5C[C@@H]([C@H](C#N)N23)N4C)cc1. The summed E-state index contributed by atoms with van der Waals surface area (Å²) in [7, 11) is 10.3. The number of likely N-dealkylation sites (N-methyl/N-ethyl adjacent to an activating group) is 1. The molecule has 3 aliphatic rings. The molecule has 0 N–H and O–H groups in total. The van der Waals surface area contributed by atoms with Gasteiger partial charge < -0.3 is 28.4 Å². The molecule has 46 heavy (non-hydrogen) atoms. The molecular formula is C36H41N3O7. The highest BCUT2D eigenvalue weighted by Gasteiger charge is 2.54. The first-order valence-corrected chi connectivity index (χ1v) is 15.5. The van der Waals surface area contributed by atoms with Crippen LogP contribution in [0.1, 0.15) is 46.3 Å². The number of piperazine rings is 1. The van der Waals surface area contributed by atoms with E-state index in [9.17, 15) is 10.1 Å². The number of benzene rings is 3. The fourth-order valence-electron chi connectivity index (χ4n) is 7.63. The minimum absolute atomic E-state index is 0.0346. The minimum Gasteiger partial charge on any atom is -0.497 e. The second-order valence-corrected chi connectivity index (χ2v) is 12.0. The highest BCUT2D eigenvalue weighted by Crippen LogP contribution is 2.52. The molecule has 2 bridgehead atoms. The molecule has 3 heterocycles. The number of hydrogen-bond acceptors (Lipinski definition) is 10. The van der Waals surface area contributed by atoms with Gasteiger partial charge in [-0.15, -0.1) is 0 Å². The van der Waals surface area contributed by atoms with Gasteiger partial charge in [-0.05, 0) is 90.5 Å². The van der Waals surface area contributed by atoms with Gasteiger partial charge >= 0.3 is 5.97 Å². The van der Waals surface area contributed by atoms with Crippen molar-refractivity contribution in [1.82, 2.24) is 9.80 Å². The van der Waals surface area contributed by atoms with E-state index in [2.05, 4.69) is 35.0 Å². The van der Waals surface area contributed by atoms with E-state index in [4.69, 9.17) is 28.4 Å². The van der Waals surface area contributed by atoms with Crippen molar-refractivity contribution >= 4 is 5.97 Å². The van der Waals surface area contributed by atoms with Crippen LogP contribution in [0.2, 0.25) is 0 Å². The van der Waals surface area contributed by atoms with Crippen LogP contribution in [0.5, 0.6) is 28.7 Å². The Kier molecular flexibility index (Phi) is 8.98. The largest absolute Gasteiger partial charge is 0.497 e. The number of ether oxygens (including phenoxy) is 6. The van der Waals surface area contributed by atoms with Crippen molar-refractivity contribution in [3.63, 3.8) is 0 Å². The van der Waals surface area contributed by atoms with Crippen LogP contribution in [0.15, 0.2) is 48.5 Å². The zero-order chi connectivity index (χ0) is 32.5. The number of methoxy groups -OCH3 is 5. The number of nitriles is 1. The third-order valence-corrected chi connectivity index (χ3v) is 9.89. The number of nitrogens with zero attached hydrogens (tertiary/aromatic N) is 3. The van der Waals surface area contributed by atoms with Crippen LogP contribution in [0.4, 0.5) is 0 Å². The molecule has 3 aliphatic heterocycles. The van der Waals surface area contributed by atoms with Crippen LogP contribution in [-0.4, -0.2) is 83.1 Å². The normalized spacial score (nSPS) is 23.2. The highest BCUT2D eigenvalue weighted by atomic mass is 16.5. The molecule has 0 radical (unpaired) electrons. The van der Waals surface area contributed by atoms with Crippen molar-refractivity contribution in [2.45, 2.75) is 55.9 Å². The standard InChI is InChI=1S/C36H41N3O7/c1-38-27-13-23-16-32(43-4)34(45-6)18-26(23)36(38)28-14-22-15-31(42-3)33(44-5)17-25(22)30(39(28)29(27)19-37)20-46-35(40)12-9-21-7-10-24(41-2)11-8-21/h7-8,10-11,15-18,27-30,36H,9,12-14,20H2,1-6H3/t27-,28-,29-,30-,36+/m0/s1. The Morgan fingerprint density at radius 3 is 1.96 bits per heavy atom. The summed E-state index contributed by atoms with van der Waals surface area (Å²) in [6.45, 7) is 0.112. The number of hydrogen-bond donors (Lipinski definition) is 0. The van der Waals surface area contributed by atoms with Crippen molar-refractivity contribution in [1.29, 1.82) is 5.26 Å². The van der Waals surface area contributed by atoms with Gasteiger partial charge in [-0.2, -0.15) is 5.26 Å². The summed E-state index contributed by atoms with van der Waals surface area (Å²) in [4.78, 5) is 17.8. The van der Waals surface area contributed by atoms with E-state index >= 15 is 0 Å². The van der Waals surface area contributed by atoms with Gasteiger partial charge in [0.1, 0.15) is 18.4 Å². The molecule has 3 aromatic rings. The topological polar surface area (TPSA) is 103 Å². The van der Waals surface area contributed by atoms with Gasteiger partial charge in [0.2, 0.25) is 0 Å². The first-order chi connectivity index (χ1) is 22.3. The number of rotatable bonds is 10. The summed E-state index contributed by atoms with van der Waals surface area (Å²) in [6, 6.07) is 17.5. The van der Waals surface area contributed by atoms with E-state index in [0.29, 0.717) is 42.3 Å². The summed E-state index contributed by atoms with van der Waals surface area (Å²) in [5, 5.41) is 10.7. The van der Waals surface area contributed by atoms with Gasteiger partial charge in [0, 0.05) is 18.5 Å². The first kappa shape index (κ1) is 31.5. The predicted molar refractivity (Wildman–Crippen MR) is 171 cm³/mol. The van der Waals surface area contributed by atoms with E-state index in [0.717, 1.165) is 33.6 Å². The molecule has 5 atom stereocenters. The molecule has 0 saturated carbocycles. The summed E-state index contributed by atoms with van der Waals surface area (Å²) in [6.07, 6.45) is 2.15. The lowest BCUT2D eigenvalue weighted by molar-refractivity contribution is -0.149. The van der Waals surface area contributed by atoms with E-state index in [1.54, 1.807) is 35.5 Å². The predicted octanol–water partition coefficient (Wildman–Crippen LogP) is 4.68. The summed E-state index contributed by atoms with van der Waals surface area (Å²) in [5.74, 6) is 3.07. The molecule has 0 amide bonds. The zero-order valence-corrected chi connectivity index (χ0v) is 27.2. The average Bonchev–Trinajstić information content (AvgIpc) is 3.08. The van der Waals surface area contributed by atoms with Crippen LogP contribution in [-0.2, 0) is 28.8 Å². The van der Waals surface area contributed by atoms with E-state index in [1.807, 2.05) is 36.4 Å². The first-order valence-electron chi connectivity index (χ1n) is 15.5. The maximum atomic E-state index is 13.2. The average molecular weight is 628 g/mol. The number of fused-ring (bicyclic) bond motifs is 7. The van der Waals surface area contributed by atoms with Crippen LogP contribution >= 0.6 is 0 Å². The molecule has 6 rings (SSSR count). The van der Waals surface area contributed by atoms with Crippen LogP contribution in [0.25, 0.3) is 0 Å². The maximum absolute atomic E-state index is 13.2. The molecule has 0 aliphatic carbocycles. The van der Waals surface area contributed by atoms with E-state index < -0.39 is 6.04 Å². The fraction of sp³-hybridized carbons (Fsp3) is 0.444. The molecule has 242 valence electrons. The van der Waals surface area contributed by atoms with E-state index in [-0.39, 0.29) is 43.2 Å². The third-order valence-electron chi connectivity index (χ3n) is 9.89. The zero-order valence-electron chi connectivity index (χ0n) is 27.2. The second kappa shape index (κ2) is 13.1. The highest BCUT2D eigenvalue weighted by molar-refractivity contribution is 5.70. The Balaban J connectivity index is 1.36. The van der Waals surface area contributed by atoms with Crippen molar-refractivity contribution in [3.05, 3.63) is 76.3 Å². The monoisotopic (exact) mass is 627 g/mol. The van der Waals surface area contributed by atoms with Gasteiger partial charge in [-0.3, -0.25) is 14.6 Å². The van der Waals surface area contributed by atoms with Gasteiger partial charge in [-0.1, -0.05) is 12.1 Å². The number of carbonyl (C=O) groups is 1. The number of carbonyl (C=O) groups excluding carboxylic acids is 1. The number of aryl methyl sites for hydroxylation is 1. The minimum atomic E-state index is -0.447. The Morgan fingerprint density at radius 2 is 1.37 bits per heavy atom. The third kappa shape index (κ3) is 5.48. The van der Waals surface area contributed by atoms with Gasteiger partial charge in [0.25, 0.3) is 0 Å². The molecule has 1 fully saturated rings. The van der Waals surface area contributed by atoms with Crippen LogP contribution in [0.3, 0.4) is 0 Å². The van der Waals surface area contributed by atoms with Crippen molar-refractivity contribution < 1.29 is 33.2 Å². The Bertz CT molecular complexity index is 1640. The lowest BCUT2D eigenvalue weighted by Gasteiger charge is -2.59. The Morgan fingerprint density at radius 1 is 0.804 bits per heavy atom. The van der Waals surface area contributed by atoms with Crippen LogP contribution < -0.4 is 23.7 Å². The van der Waals surface area contributed by atoms with Crippen molar-refractivity contribution in [2.24, 2.45) is 0 Å². The number of esters is 1. The smallest absolute Gasteiger partial charge is 0.306 e. The molecular weight excluding hydrogens is 586 g/mol. The van der Waals surface area contributed by atoms with Gasteiger partial charge in [0.15, 0.2) is 23.0 Å². The molecule has 1 saturated heterocycles. The molecule has 0 aromatic heterocycles. The summed E-state index contributed by atoms with van der Waals surface area (Å²) < 4.78 is 34.0. The van der Waals surface area contributed by atoms with Crippen molar-refractivity contribution in [3.8, 4) is 34.8 Å². The molecule has 0 unspecified atom stereocenters. The maximum Gasteiger partial charge on any atom is 0.306 e. The van der Waals surface area contributed by atoms with Crippen LogP contribution in [0, 0.1) is 11.3 Å². The molecule has 10 nitrogen and oxygen atoms in total. The lowest BCUT2D eigenvalue weighted by Crippen LogP contribution is -2.68. The fourth-order valence-corrected chi connectivity index (χ4v) is 7.63. The Hall–Kier alpha value is -4.46. The van der Waals surface area contributed by atoms with Crippen molar-refractivity contribution in [2.75, 3.05) is 49.2 Å². The second-order valence-electron chi connectivity index (χ2n) is 12.0. The molecule has 10 heteroatoms.